The maximum Gasteiger partial charge on any atom is 0.255 e. The average molecular weight is 248 g/mol. The third-order valence-corrected chi connectivity index (χ3v) is 3.06. The van der Waals surface area contributed by atoms with E-state index in [1.807, 2.05) is 25.1 Å². The maximum atomic E-state index is 12.2. The number of carbonyl (C=O) groups is 1. The zero-order chi connectivity index (χ0) is 12.8. The molecule has 1 amide bonds. The molecule has 0 saturated carbocycles. The van der Waals surface area contributed by atoms with Gasteiger partial charge in [-0.15, -0.1) is 0 Å². The van der Waals surface area contributed by atoms with Crippen LogP contribution in [-0.4, -0.2) is 31.6 Å². The van der Waals surface area contributed by atoms with Crippen LogP contribution in [0.1, 0.15) is 30.1 Å². The largest absolute Gasteiger partial charge is 0.493 e. The lowest BCUT2D eigenvalue weighted by Crippen LogP contribution is -2.45. The van der Waals surface area contributed by atoms with Gasteiger partial charge in [0.05, 0.1) is 12.2 Å². The van der Waals surface area contributed by atoms with E-state index in [4.69, 9.17) is 4.74 Å². The first-order valence-corrected chi connectivity index (χ1v) is 6.54. The van der Waals surface area contributed by atoms with Crippen LogP contribution in [0.2, 0.25) is 0 Å². The topological polar surface area (TPSA) is 50.4 Å². The van der Waals surface area contributed by atoms with Crippen molar-refractivity contribution in [1.29, 1.82) is 0 Å². The zero-order valence-electron chi connectivity index (χ0n) is 10.7. The number of carbonyl (C=O) groups excluding carboxylic acids is 1. The highest BCUT2D eigenvalue weighted by molar-refractivity contribution is 5.97. The van der Waals surface area contributed by atoms with Crippen molar-refractivity contribution < 1.29 is 9.53 Å². The van der Waals surface area contributed by atoms with Crippen LogP contribution in [0.5, 0.6) is 5.75 Å². The molecule has 0 radical (unpaired) electrons. The zero-order valence-corrected chi connectivity index (χ0v) is 10.7. The quantitative estimate of drug-likeness (QED) is 0.850. The molecule has 4 nitrogen and oxygen atoms in total. The van der Waals surface area contributed by atoms with Gasteiger partial charge in [-0.05, 0) is 38.4 Å². The molecule has 0 aliphatic carbocycles. The van der Waals surface area contributed by atoms with Crippen molar-refractivity contribution >= 4 is 5.91 Å². The second-order valence-corrected chi connectivity index (χ2v) is 4.45. The van der Waals surface area contributed by atoms with Gasteiger partial charge in [-0.1, -0.05) is 12.1 Å². The molecule has 1 saturated heterocycles. The Morgan fingerprint density at radius 2 is 2.33 bits per heavy atom. The predicted molar refractivity (Wildman–Crippen MR) is 71.0 cm³/mol. The van der Waals surface area contributed by atoms with Gasteiger partial charge in [-0.25, -0.2) is 0 Å². The number of hydrogen-bond donors (Lipinski definition) is 2. The molecule has 1 aromatic rings. The highest BCUT2D eigenvalue weighted by Crippen LogP contribution is 2.18. The molecule has 4 heteroatoms. The summed E-state index contributed by atoms with van der Waals surface area (Å²) in [5, 5.41) is 6.34. The Morgan fingerprint density at radius 3 is 3.06 bits per heavy atom. The summed E-state index contributed by atoms with van der Waals surface area (Å²) in [5.74, 6) is 0.606. The highest BCUT2D eigenvalue weighted by atomic mass is 16.5. The fourth-order valence-corrected chi connectivity index (χ4v) is 2.17. The molecule has 1 unspecified atom stereocenters. The van der Waals surface area contributed by atoms with Crippen LogP contribution >= 0.6 is 0 Å². The fourth-order valence-electron chi connectivity index (χ4n) is 2.17. The van der Waals surface area contributed by atoms with Crippen LogP contribution in [0.15, 0.2) is 24.3 Å². The Labute approximate surface area is 108 Å². The van der Waals surface area contributed by atoms with E-state index in [0.717, 1.165) is 25.9 Å². The minimum absolute atomic E-state index is 0.0484. The lowest BCUT2D eigenvalue weighted by Gasteiger charge is -2.24. The van der Waals surface area contributed by atoms with Crippen LogP contribution in [0.25, 0.3) is 0 Å². The van der Waals surface area contributed by atoms with E-state index in [9.17, 15) is 4.79 Å². The molecule has 98 valence electrons. The van der Waals surface area contributed by atoms with Gasteiger partial charge in [0.1, 0.15) is 5.75 Å². The van der Waals surface area contributed by atoms with E-state index in [1.165, 1.54) is 0 Å². The van der Waals surface area contributed by atoms with Crippen LogP contribution < -0.4 is 15.4 Å². The van der Waals surface area contributed by atoms with Gasteiger partial charge >= 0.3 is 0 Å². The molecular weight excluding hydrogens is 228 g/mol. The smallest absolute Gasteiger partial charge is 0.255 e. The van der Waals surface area contributed by atoms with E-state index < -0.39 is 0 Å². The number of amides is 1. The van der Waals surface area contributed by atoms with E-state index in [2.05, 4.69) is 10.6 Å². The van der Waals surface area contributed by atoms with Gasteiger partial charge in [0.25, 0.3) is 5.91 Å². The molecule has 1 aliphatic heterocycles. The lowest BCUT2D eigenvalue weighted by molar-refractivity contribution is 0.0927. The molecule has 0 aromatic heterocycles. The summed E-state index contributed by atoms with van der Waals surface area (Å²) in [7, 11) is 0. The standard InChI is InChI=1S/C14H20N2O2/c1-2-18-13-8-4-3-7-12(13)14(17)16-11-6-5-9-15-10-11/h3-4,7-8,11,15H,2,5-6,9-10H2,1H3,(H,16,17). The third-order valence-electron chi connectivity index (χ3n) is 3.06. The van der Waals surface area contributed by atoms with Gasteiger partial charge in [0, 0.05) is 12.6 Å². The second kappa shape index (κ2) is 6.40. The Hall–Kier alpha value is -1.55. The summed E-state index contributed by atoms with van der Waals surface area (Å²) in [6.45, 7) is 4.37. The highest BCUT2D eigenvalue weighted by Gasteiger charge is 2.18. The Bertz CT molecular complexity index is 401. The van der Waals surface area contributed by atoms with E-state index in [0.29, 0.717) is 17.9 Å². The maximum absolute atomic E-state index is 12.2. The average Bonchev–Trinajstić information content (AvgIpc) is 2.41. The normalized spacial score (nSPS) is 19.3. The van der Waals surface area contributed by atoms with Crippen LogP contribution in [0, 0.1) is 0 Å². The number of hydrogen-bond acceptors (Lipinski definition) is 3. The van der Waals surface area contributed by atoms with Crippen molar-refractivity contribution in [2.45, 2.75) is 25.8 Å². The van der Waals surface area contributed by atoms with Gasteiger partial charge < -0.3 is 15.4 Å². The number of para-hydroxylation sites is 1. The number of piperidine rings is 1. The van der Waals surface area contributed by atoms with E-state index >= 15 is 0 Å². The molecule has 1 atom stereocenters. The van der Waals surface area contributed by atoms with Crippen molar-refractivity contribution in [3.05, 3.63) is 29.8 Å². The molecule has 2 rings (SSSR count). The number of nitrogens with one attached hydrogen (secondary N) is 2. The molecule has 18 heavy (non-hydrogen) atoms. The summed E-state index contributed by atoms with van der Waals surface area (Å²) < 4.78 is 5.47. The second-order valence-electron chi connectivity index (χ2n) is 4.45. The SMILES string of the molecule is CCOc1ccccc1C(=O)NC1CCCNC1. The summed E-state index contributed by atoms with van der Waals surface area (Å²) in [6.07, 6.45) is 2.15. The monoisotopic (exact) mass is 248 g/mol. The molecule has 1 aliphatic rings. The van der Waals surface area contributed by atoms with Crippen LogP contribution in [0.4, 0.5) is 0 Å². The molecule has 0 spiro atoms. The van der Waals surface area contributed by atoms with E-state index in [-0.39, 0.29) is 11.9 Å². The van der Waals surface area contributed by atoms with Gasteiger partial charge in [-0.2, -0.15) is 0 Å². The van der Waals surface area contributed by atoms with Crippen molar-refractivity contribution in [3.63, 3.8) is 0 Å². The minimum atomic E-state index is -0.0484. The van der Waals surface area contributed by atoms with Crippen LogP contribution in [0.3, 0.4) is 0 Å². The first-order chi connectivity index (χ1) is 8.81. The van der Waals surface area contributed by atoms with Gasteiger partial charge in [0.15, 0.2) is 0 Å². The third kappa shape index (κ3) is 3.23. The van der Waals surface area contributed by atoms with Crippen molar-refractivity contribution in [1.82, 2.24) is 10.6 Å². The molecule has 1 fully saturated rings. The Kier molecular flexibility index (Phi) is 4.59. The van der Waals surface area contributed by atoms with Crippen molar-refractivity contribution in [2.75, 3.05) is 19.7 Å². The van der Waals surface area contributed by atoms with E-state index in [1.54, 1.807) is 6.07 Å². The predicted octanol–water partition coefficient (Wildman–Crippen LogP) is 1.57. The molecule has 1 heterocycles. The number of rotatable bonds is 4. The summed E-state index contributed by atoms with van der Waals surface area (Å²) in [5.41, 5.74) is 0.616. The fraction of sp³-hybridized carbons (Fsp3) is 0.500. The summed E-state index contributed by atoms with van der Waals surface area (Å²) in [4.78, 5) is 12.2. The molecule has 0 bridgehead atoms. The molecule has 1 aromatic carbocycles. The first-order valence-electron chi connectivity index (χ1n) is 6.54. The molecule has 2 N–H and O–H groups in total. The summed E-state index contributed by atoms with van der Waals surface area (Å²) >= 11 is 0. The lowest BCUT2D eigenvalue weighted by atomic mass is 10.1. The minimum Gasteiger partial charge on any atom is -0.493 e. The van der Waals surface area contributed by atoms with Gasteiger partial charge in [0.2, 0.25) is 0 Å². The Morgan fingerprint density at radius 1 is 1.50 bits per heavy atom. The van der Waals surface area contributed by atoms with Crippen molar-refractivity contribution in [2.24, 2.45) is 0 Å². The first kappa shape index (κ1) is 12.9. The molecular formula is C14H20N2O2. The van der Waals surface area contributed by atoms with Crippen LogP contribution in [-0.2, 0) is 0 Å². The Balaban J connectivity index is 2.03. The number of benzene rings is 1. The van der Waals surface area contributed by atoms with Gasteiger partial charge in [-0.3, -0.25) is 4.79 Å². The number of ether oxygens (including phenoxy) is 1. The van der Waals surface area contributed by atoms with Crippen molar-refractivity contribution in [3.8, 4) is 5.75 Å². The summed E-state index contributed by atoms with van der Waals surface area (Å²) in [6, 6.07) is 7.59.